The van der Waals surface area contributed by atoms with Gasteiger partial charge in [-0.05, 0) is 107 Å². The molecule has 0 bridgehead atoms. The Kier molecular flexibility index (Phi) is 4.40. The Hall–Kier alpha value is -0.340. The first-order valence-corrected chi connectivity index (χ1v) is 10.8. The summed E-state index contributed by atoms with van der Waals surface area (Å²) < 4.78 is 0. The fourth-order valence-corrected chi connectivity index (χ4v) is 8.18. The van der Waals surface area contributed by atoms with E-state index in [1.165, 1.54) is 38.5 Å². The highest BCUT2D eigenvalue weighted by molar-refractivity contribution is 5.25. The van der Waals surface area contributed by atoms with Crippen molar-refractivity contribution in [2.45, 2.75) is 84.3 Å². The molecular weight excluding hydrogens is 306 g/mol. The van der Waals surface area contributed by atoms with Gasteiger partial charge in [-0.25, -0.2) is 0 Å². The minimum Gasteiger partial charge on any atom is -0.393 e. The van der Waals surface area contributed by atoms with Crippen LogP contribution in [0.5, 0.6) is 0 Å². The number of aliphatic hydroxyl groups is 1. The van der Waals surface area contributed by atoms with E-state index in [1.807, 2.05) is 0 Å². The lowest BCUT2D eigenvalue weighted by Gasteiger charge is -2.64. The van der Waals surface area contributed by atoms with Crippen molar-refractivity contribution < 1.29 is 5.11 Å². The number of allylic oxidation sites excluding steroid dienone is 2. The summed E-state index contributed by atoms with van der Waals surface area (Å²) in [5.74, 6) is 3.35. The molecule has 0 aromatic heterocycles. The van der Waals surface area contributed by atoms with Crippen LogP contribution in [-0.4, -0.2) is 36.2 Å². The van der Waals surface area contributed by atoms with Gasteiger partial charge in [0.2, 0.25) is 0 Å². The zero-order chi connectivity index (χ0) is 18.0. The van der Waals surface area contributed by atoms with Gasteiger partial charge in [0.15, 0.2) is 0 Å². The number of hydrogen-bond acceptors (Lipinski definition) is 2. The molecule has 8 atom stereocenters. The third kappa shape index (κ3) is 2.50. The van der Waals surface area contributed by atoms with Crippen LogP contribution in [0.2, 0.25) is 0 Å². The summed E-state index contributed by atoms with van der Waals surface area (Å²) in [4.78, 5) is 2.56. The van der Waals surface area contributed by atoms with E-state index < -0.39 is 0 Å². The molecule has 0 heterocycles. The molecule has 2 heteroatoms. The molecule has 0 amide bonds. The summed E-state index contributed by atoms with van der Waals surface area (Å²) in [6.45, 7) is 7.46. The van der Waals surface area contributed by atoms with Crippen LogP contribution >= 0.6 is 0 Å². The van der Waals surface area contributed by atoms with Crippen molar-refractivity contribution in [1.82, 2.24) is 4.90 Å². The molecule has 142 valence electrons. The Balaban J connectivity index is 1.74. The third-order valence-electron chi connectivity index (χ3n) is 9.43. The predicted molar refractivity (Wildman–Crippen MR) is 104 cm³/mol. The maximum absolute atomic E-state index is 10.3. The van der Waals surface area contributed by atoms with Crippen molar-refractivity contribution in [3.05, 3.63) is 11.6 Å². The maximum Gasteiger partial charge on any atom is 0.0543 e. The lowest BCUT2D eigenvalue weighted by Crippen LogP contribution is -2.61. The summed E-state index contributed by atoms with van der Waals surface area (Å²) >= 11 is 0. The first kappa shape index (κ1) is 18.0. The second kappa shape index (κ2) is 6.09. The molecule has 0 radical (unpaired) electrons. The van der Waals surface area contributed by atoms with Gasteiger partial charge >= 0.3 is 0 Å². The highest BCUT2D eigenvalue weighted by atomic mass is 16.3. The van der Waals surface area contributed by atoms with E-state index in [4.69, 9.17) is 0 Å². The standard InChI is InChI=1S/C23H39NO/c1-6-15-8-10-19-18-9-7-16-13-17(25)11-12-22(16,2)21(18)20(24(4)5)14-23(15,19)3/h6,16-21,25H,7-14H2,1-5H3/b15-6-/t16-,17+,18-,19-,20+,21+,22-,23+/m0/s1. The van der Waals surface area contributed by atoms with E-state index in [0.29, 0.717) is 16.9 Å². The summed E-state index contributed by atoms with van der Waals surface area (Å²) in [6.07, 6.45) is 12.6. The minimum atomic E-state index is -0.0394. The molecule has 0 unspecified atom stereocenters. The minimum absolute atomic E-state index is 0.0394. The fraction of sp³-hybridized carbons (Fsp3) is 0.913. The number of fused-ring (bicyclic) bond motifs is 5. The Morgan fingerprint density at radius 3 is 2.56 bits per heavy atom. The Morgan fingerprint density at radius 1 is 1.12 bits per heavy atom. The Bertz CT molecular complexity index is 554. The van der Waals surface area contributed by atoms with Gasteiger partial charge in [-0.1, -0.05) is 25.5 Å². The SMILES string of the molecule is C/C=C1/CC[C@H]2[C@@H]3CC[C@H]4C[C@H](O)CC[C@]4(C)[C@H]3[C@H](N(C)C)C[C@]12C. The summed E-state index contributed by atoms with van der Waals surface area (Å²) in [5, 5.41) is 10.3. The van der Waals surface area contributed by atoms with Crippen molar-refractivity contribution in [2.75, 3.05) is 14.1 Å². The van der Waals surface area contributed by atoms with Crippen LogP contribution in [0.1, 0.15) is 72.1 Å². The molecule has 4 fully saturated rings. The van der Waals surface area contributed by atoms with Gasteiger partial charge in [0, 0.05) is 6.04 Å². The molecule has 0 spiro atoms. The lowest BCUT2D eigenvalue weighted by atomic mass is 9.43. The van der Waals surface area contributed by atoms with E-state index in [9.17, 15) is 5.11 Å². The molecule has 4 aliphatic carbocycles. The molecule has 4 saturated carbocycles. The average Bonchev–Trinajstić information content (AvgIpc) is 2.90. The van der Waals surface area contributed by atoms with Crippen LogP contribution in [0, 0.1) is 34.5 Å². The van der Waals surface area contributed by atoms with E-state index in [2.05, 4.69) is 45.8 Å². The normalized spacial score (nSPS) is 54.3. The maximum atomic E-state index is 10.3. The van der Waals surface area contributed by atoms with E-state index in [1.54, 1.807) is 5.57 Å². The molecule has 0 aromatic carbocycles. The fourth-order valence-electron chi connectivity index (χ4n) is 8.18. The van der Waals surface area contributed by atoms with Crippen LogP contribution in [0.3, 0.4) is 0 Å². The monoisotopic (exact) mass is 345 g/mol. The molecule has 0 aliphatic heterocycles. The molecule has 0 aromatic rings. The Labute approximate surface area is 155 Å². The van der Waals surface area contributed by atoms with Gasteiger partial charge in [-0.2, -0.15) is 0 Å². The quantitative estimate of drug-likeness (QED) is 0.685. The van der Waals surface area contributed by atoms with Crippen molar-refractivity contribution in [3.8, 4) is 0 Å². The van der Waals surface area contributed by atoms with Crippen LogP contribution in [0.25, 0.3) is 0 Å². The van der Waals surface area contributed by atoms with Crippen LogP contribution in [-0.2, 0) is 0 Å². The highest BCUT2D eigenvalue weighted by Gasteiger charge is 2.62. The molecule has 4 aliphatic rings. The van der Waals surface area contributed by atoms with Gasteiger partial charge in [0.05, 0.1) is 6.10 Å². The second-order valence-corrected chi connectivity index (χ2v) is 10.5. The average molecular weight is 346 g/mol. The van der Waals surface area contributed by atoms with Gasteiger partial charge in [0.1, 0.15) is 0 Å². The van der Waals surface area contributed by atoms with Crippen molar-refractivity contribution in [1.29, 1.82) is 0 Å². The largest absolute Gasteiger partial charge is 0.393 e. The Morgan fingerprint density at radius 2 is 1.88 bits per heavy atom. The molecule has 2 nitrogen and oxygen atoms in total. The smallest absolute Gasteiger partial charge is 0.0543 e. The van der Waals surface area contributed by atoms with Crippen LogP contribution < -0.4 is 0 Å². The predicted octanol–water partition coefficient (Wildman–Crippen LogP) is 4.88. The van der Waals surface area contributed by atoms with Crippen molar-refractivity contribution in [3.63, 3.8) is 0 Å². The summed E-state index contributed by atoms with van der Waals surface area (Å²) in [5.41, 5.74) is 2.62. The van der Waals surface area contributed by atoms with Gasteiger partial charge in [-0.15, -0.1) is 0 Å². The lowest BCUT2D eigenvalue weighted by molar-refractivity contribution is -0.146. The summed E-state index contributed by atoms with van der Waals surface area (Å²) in [7, 11) is 4.64. The van der Waals surface area contributed by atoms with E-state index >= 15 is 0 Å². The number of rotatable bonds is 1. The zero-order valence-electron chi connectivity index (χ0n) is 17.1. The second-order valence-electron chi connectivity index (χ2n) is 10.5. The van der Waals surface area contributed by atoms with Crippen LogP contribution in [0.4, 0.5) is 0 Å². The molecule has 0 saturated heterocycles. The summed E-state index contributed by atoms with van der Waals surface area (Å²) in [6, 6.07) is 0.697. The zero-order valence-corrected chi connectivity index (χ0v) is 17.1. The van der Waals surface area contributed by atoms with Gasteiger partial charge < -0.3 is 10.0 Å². The molecular formula is C23H39NO. The van der Waals surface area contributed by atoms with Crippen molar-refractivity contribution in [2.24, 2.45) is 34.5 Å². The highest BCUT2D eigenvalue weighted by Crippen LogP contribution is 2.67. The van der Waals surface area contributed by atoms with Gasteiger partial charge in [-0.3, -0.25) is 0 Å². The van der Waals surface area contributed by atoms with E-state index in [-0.39, 0.29) is 6.10 Å². The third-order valence-corrected chi connectivity index (χ3v) is 9.43. The number of nitrogens with zero attached hydrogens (tertiary/aromatic N) is 1. The molecule has 4 rings (SSSR count). The molecule has 1 N–H and O–H groups in total. The molecule has 25 heavy (non-hydrogen) atoms. The van der Waals surface area contributed by atoms with E-state index in [0.717, 1.165) is 36.5 Å². The van der Waals surface area contributed by atoms with Crippen molar-refractivity contribution >= 4 is 0 Å². The first-order valence-electron chi connectivity index (χ1n) is 10.8. The van der Waals surface area contributed by atoms with Gasteiger partial charge in [0.25, 0.3) is 0 Å². The topological polar surface area (TPSA) is 23.5 Å². The van der Waals surface area contributed by atoms with Crippen LogP contribution in [0.15, 0.2) is 11.6 Å². The first-order chi connectivity index (χ1) is 11.8. The number of hydrogen-bond donors (Lipinski definition) is 1. The number of aliphatic hydroxyl groups excluding tert-OH is 1.